The minimum Gasteiger partial charge on any atom is -0.508 e. The Bertz CT molecular complexity index is 1560. The van der Waals surface area contributed by atoms with Crippen molar-refractivity contribution >= 4 is 23.9 Å². The van der Waals surface area contributed by atoms with Crippen molar-refractivity contribution in [1.82, 2.24) is 15.5 Å². The van der Waals surface area contributed by atoms with Gasteiger partial charge in [-0.3, -0.25) is 9.59 Å². The molecular weight excluding hydrogens is 622 g/mol. The zero-order valence-corrected chi connectivity index (χ0v) is 29.9. The van der Waals surface area contributed by atoms with Gasteiger partial charge >= 0.3 is 12.1 Å². The number of aryl methyl sites for hydroxylation is 1. The summed E-state index contributed by atoms with van der Waals surface area (Å²) in [5, 5.41) is 16.0. The van der Waals surface area contributed by atoms with Gasteiger partial charge in [0.15, 0.2) is 0 Å². The van der Waals surface area contributed by atoms with Gasteiger partial charge in [-0.2, -0.15) is 0 Å². The fourth-order valence-electron chi connectivity index (χ4n) is 5.30. The molecule has 3 atom stereocenters. The van der Waals surface area contributed by atoms with Crippen LogP contribution in [0.2, 0.25) is 0 Å². The summed E-state index contributed by atoms with van der Waals surface area (Å²) in [6.07, 6.45) is 0.00162. The monoisotopic (exact) mass is 673 g/mol. The second kappa shape index (κ2) is 17.0. The number of hydrogen-bond donors (Lipinski definition) is 3. The predicted octanol–water partition coefficient (Wildman–Crippen LogP) is 6.19. The molecule has 0 aliphatic heterocycles. The Hall–Kier alpha value is -4.86. The maximum atomic E-state index is 14.6. The van der Waals surface area contributed by atoms with Gasteiger partial charge in [0.25, 0.3) is 0 Å². The number of amides is 3. The Morgan fingerprint density at radius 2 is 1.29 bits per heavy atom. The summed E-state index contributed by atoms with van der Waals surface area (Å²) in [7, 11) is 0. The number of carbonyl (C=O) groups is 4. The van der Waals surface area contributed by atoms with Gasteiger partial charge in [0, 0.05) is 19.4 Å². The third-order valence-electron chi connectivity index (χ3n) is 7.41. The molecule has 0 radical (unpaired) electrons. The van der Waals surface area contributed by atoms with Gasteiger partial charge in [-0.05, 0) is 89.3 Å². The lowest BCUT2D eigenvalue weighted by Crippen LogP contribution is -2.55. The van der Waals surface area contributed by atoms with E-state index >= 15 is 0 Å². The topological polar surface area (TPSA) is 134 Å². The highest BCUT2D eigenvalue weighted by atomic mass is 16.6. The molecule has 49 heavy (non-hydrogen) atoms. The van der Waals surface area contributed by atoms with Crippen molar-refractivity contribution in [2.75, 3.05) is 6.54 Å². The third-order valence-corrected chi connectivity index (χ3v) is 7.41. The number of aromatic hydroxyl groups is 1. The van der Waals surface area contributed by atoms with Gasteiger partial charge in [0.05, 0.1) is 0 Å². The number of carbonyl (C=O) groups excluding carboxylic acids is 4. The number of phenols is 1. The molecule has 0 spiro atoms. The SMILES string of the molecule is CCCN(C(=O)C(Cc1ccccc1)NC(=O)OC(C)(C)C)C(C(=O)NC(Cc1ccccc1)C(=O)OC(C)(C)C)c1ccc(O)c(C)c1. The number of benzene rings is 3. The molecule has 0 aliphatic carbocycles. The minimum absolute atomic E-state index is 0.0283. The number of phenolic OH excluding ortho intramolecular Hbond substituents is 1. The van der Waals surface area contributed by atoms with Crippen molar-refractivity contribution in [3.05, 3.63) is 101 Å². The van der Waals surface area contributed by atoms with Crippen LogP contribution in [0.15, 0.2) is 78.9 Å². The smallest absolute Gasteiger partial charge is 0.408 e. The lowest BCUT2D eigenvalue weighted by Gasteiger charge is -2.35. The molecule has 0 aromatic heterocycles. The van der Waals surface area contributed by atoms with Crippen molar-refractivity contribution in [1.29, 1.82) is 0 Å². The Balaban J connectivity index is 2.10. The van der Waals surface area contributed by atoms with Gasteiger partial charge in [0.2, 0.25) is 11.8 Å². The van der Waals surface area contributed by atoms with Crippen LogP contribution in [0.1, 0.15) is 83.2 Å². The maximum Gasteiger partial charge on any atom is 0.408 e. The van der Waals surface area contributed by atoms with E-state index in [2.05, 4.69) is 10.6 Å². The number of nitrogens with zero attached hydrogens (tertiary/aromatic N) is 1. The fraction of sp³-hybridized carbons (Fsp3) is 0.436. The largest absolute Gasteiger partial charge is 0.508 e. The fourth-order valence-corrected chi connectivity index (χ4v) is 5.30. The standard InChI is InChI=1S/C39H51N3O7/c1-9-22-42(35(45)30(24-27-16-12-10-13-17-27)41-37(47)49-39(6,7)8)33(29-20-21-32(43)26(2)23-29)34(44)40-31(36(46)48-38(3,4)5)25-28-18-14-11-15-19-28/h10-21,23,30-31,33,43H,9,22,24-25H2,1-8H3,(H,40,44)(H,41,47). The van der Waals surface area contributed by atoms with Crippen LogP contribution in [-0.4, -0.2) is 63.7 Å². The summed E-state index contributed by atoms with van der Waals surface area (Å²) in [6.45, 7) is 14.2. The molecule has 3 N–H and O–H groups in total. The van der Waals surface area contributed by atoms with Gasteiger partial charge in [-0.25, -0.2) is 9.59 Å². The van der Waals surface area contributed by atoms with Gasteiger partial charge in [-0.1, -0.05) is 73.7 Å². The number of hydrogen-bond acceptors (Lipinski definition) is 7. The Labute approximate surface area is 290 Å². The summed E-state index contributed by atoms with van der Waals surface area (Å²) < 4.78 is 11.2. The van der Waals surface area contributed by atoms with Crippen LogP contribution in [0, 0.1) is 6.92 Å². The molecule has 0 aliphatic rings. The average molecular weight is 674 g/mol. The summed E-state index contributed by atoms with van der Waals surface area (Å²) in [6, 6.07) is 19.8. The van der Waals surface area contributed by atoms with Crippen LogP contribution in [0.5, 0.6) is 5.75 Å². The molecule has 10 heteroatoms. The number of ether oxygens (including phenoxy) is 2. The van der Waals surface area contributed by atoms with E-state index in [1.54, 1.807) is 60.6 Å². The minimum atomic E-state index is -1.23. The van der Waals surface area contributed by atoms with Crippen LogP contribution >= 0.6 is 0 Å². The molecule has 3 unspecified atom stereocenters. The molecule has 0 heterocycles. The van der Waals surface area contributed by atoms with Crippen molar-refractivity contribution in [3.8, 4) is 5.75 Å². The summed E-state index contributed by atoms with van der Waals surface area (Å²) in [5.41, 5.74) is 0.902. The normalized spacial score (nSPS) is 13.4. The van der Waals surface area contributed by atoms with E-state index < -0.39 is 53.2 Å². The van der Waals surface area contributed by atoms with E-state index in [4.69, 9.17) is 9.47 Å². The first-order valence-electron chi connectivity index (χ1n) is 16.7. The summed E-state index contributed by atoms with van der Waals surface area (Å²) >= 11 is 0. The van der Waals surface area contributed by atoms with Crippen molar-refractivity contribution in [2.45, 2.75) is 104 Å². The number of nitrogens with one attached hydrogen (secondary N) is 2. The Kier molecular flexibility index (Phi) is 13.4. The van der Waals surface area contributed by atoms with Gasteiger partial charge in [-0.15, -0.1) is 0 Å². The molecule has 0 bridgehead atoms. The van der Waals surface area contributed by atoms with Crippen LogP contribution in [0.25, 0.3) is 0 Å². The first-order valence-corrected chi connectivity index (χ1v) is 16.7. The molecule has 3 rings (SSSR count). The van der Waals surface area contributed by atoms with Crippen molar-refractivity contribution in [2.24, 2.45) is 0 Å². The zero-order chi connectivity index (χ0) is 36.4. The molecule has 0 fully saturated rings. The van der Waals surface area contributed by atoms with E-state index in [1.807, 2.05) is 67.6 Å². The van der Waals surface area contributed by atoms with E-state index in [0.717, 1.165) is 11.1 Å². The van der Waals surface area contributed by atoms with Gasteiger partial charge in [0.1, 0.15) is 35.1 Å². The second-order valence-corrected chi connectivity index (χ2v) is 14.2. The highest BCUT2D eigenvalue weighted by Crippen LogP contribution is 2.28. The average Bonchev–Trinajstić information content (AvgIpc) is 3.01. The van der Waals surface area contributed by atoms with E-state index in [0.29, 0.717) is 17.5 Å². The van der Waals surface area contributed by atoms with E-state index in [-0.39, 0.29) is 25.1 Å². The molecule has 10 nitrogen and oxygen atoms in total. The first kappa shape index (κ1) is 38.6. The molecular formula is C39H51N3O7. The summed E-state index contributed by atoms with van der Waals surface area (Å²) in [5.74, 6) is -1.72. The number of alkyl carbamates (subject to hydrolysis) is 1. The lowest BCUT2D eigenvalue weighted by atomic mass is 9.97. The highest BCUT2D eigenvalue weighted by molar-refractivity contribution is 5.94. The van der Waals surface area contributed by atoms with Crippen LogP contribution in [0.4, 0.5) is 4.79 Å². The first-order chi connectivity index (χ1) is 23.0. The quantitative estimate of drug-likeness (QED) is 0.184. The number of rotatable bonds is 13. The van der Waals surface area contributed by atoms with Crippen LogP contribution in [0.3, 0.4) is 0 Å². The van der Waals surface area contributed by atoms with E-state index in [1.165, 1.54) is 11.0 Å². The molecule has 0 saturated carbocycles. The zero-order valence-electron chi connectivity index (χ0n) is 29.9. The van der Waals surface area contributed by atoms with Crippen LogP contribution < -0.4 is 10.6 Å². The Morgan fingerprint density at radius 1 is 0.755 bits per heavy atom. The highest BCUT2D eigenvalue weighted by Gasteiger charge is 2.38. The molecule has 0 saturated heterocycles. The Morgan fingerprint density at radius 3 is 1.78 bits per heavy atom. The van der Waals surface area contributed by atoms with Gasteiger partial charge < -0.3 is 30.1 Å². The molecule has 3 aromatic carbocycles. The summed E-state index contributed by atoms with van der Waals surface area (Å²) in [4.78, 5) is 57.2. The second-order valence-electron chi connectivity index (χ2n) is 14.2. The molecule has 264 valence electrons. The number of esters is 1. The maximum absolute atomic E-state index is 14.6. The van der Waals surface area contributed by atoms with Crippen molar-refractivity contribution in [3.63, 3.8) is 0 Å². The molecule has 3 amide bonds. The lowest BCUT2D eigenvalue weighted by molar-refractivity contribution is -0.159. The van der Waals surface area contributed by atoms with Crippen molar-refractivity contribution < 1.29 is 33.8 Å². The van der Waals surface area contributed by atoms with Crippen LogP contribution in [-0.2, 0) is 36.7 Å². The third kappa shape index (κ3) is 12.3. The van der Waals surface area contributed by atoms with E-state index in [9.17, 15) is 24.3 Å². The predicted molar refractivity (Wildman–Crippen MR) is 189 cm³/mol. The molecule has 3 aromatic rings.